The minimum absolute atomic E-state index is 0.425. The number of hydrogen-bond acceptors (Lipinski definition) is 8. The normalized spacial score (nSPS) is 14.1. The van der Waals surface area contributed by atoms with Gasteiger partial charge in [-0.2, -0.15) is 4.98 Å². The van der Waals surface area contributed by atoms with Gasteiger partial charge >= 0.3 is 0 Å². The van der Waals surface area contributed by atoms with E-state index in [0.29, 0.717) is 34.8 Å². The zero-order chi connectivity index (χ0) is 24.2. The van der Waals surface area contributed by atoms with Crippen molar-refractivity contribution in [2.24, 2.45) is 0 Å². The number of thioether (sulfide) groups is 1. The number of benzene rings is 3. The molecular formula is C26H23BrN4O3S. The summed E-state index contributed by atoms with van der Waals surface area (Å²) in [6.45, 7) is 2.50. The van der Waals surface area contributed by atoms with E-state index in [1.807, 2.05) is 73.7 Å². The Morgan fingerprint density at radius 2 is 1.89 bits per heavy atom. The van der Waals surface area contributed by atoms with Gasteiger partial charge in [0.2, 0.25) is 11.0 Å². The molecule has 1 aliphatic heterocycles. The van der Waals surface area contributed by atoms with E-state index < -0.39 is 6.23 Å². The molecule has 3 aromatic carbocycles. The van der Waals surface area contributed by atoms with Gasteiger partial charge in [-0.3, -0.25) is 0 Å². The summed E-state index contributed by atoms with van der Waals surface area (Å²) < 4.78 is 19.0. The van der Waals surface area contributed by atoms with Gasteiger partial charge in [-0.05, 0) is 47.7 Å². The highest BCUT2D eigenvalue weighted by Crippen LogP contribution is 2.42. The molecule has 1 aliphatic rings. The van der Waals surface area contributed by atoms with Crippen LogP contribution in [0.1, 0.15) is 24.3 Å². The Kier molecular flexibility index (Phi) is 7.06. The Labute approximate surface area is 216 Å². The number of nitrogens with one attached hydrogen (secondary N) is 1. The minimum Gasteiger partial charge on any atom is -0.493 e. The second kappa shape index (κ2) is 10.5. The molecule has 1 atom stereocenters. The minimum atomic E-state index is -0.524. The molecule has 35 heavy (non-hydrogen) atoms. The van der Waals surface area contributed by atoms with Crippen LogP contribution >= 0.6 is 27.7 Å². The maximum atomic E-state index is 6.37. The summed E-state index contributed by atoms with van der Waals surface area (Å²) in [6, 6.07) is 21.7. The van der Waals surface area contributed by atoms with E-state index in [1.165, 1.54) is 11.8 Å². The molecule has 0 fully saturated rings. The maximum Gasteiger partial charge on any atom is 0.247 e. The van der Waals surface area contributed by atoms with E-state index in [9.17, 15) is 0 Å². The van der Waals surface area contributed by atoms with E-state index in [-0.39, 0.29) is 0 Å². The fraction of sp³-hybridized carbons (Fsp3) is 0.192. The maximum absolute atomic E-state index is 6.37. The largest absolute Gasteiger partial charge is 0.493 e. The van der Waals surface area contributed by atoms with Crippen molar-refractivity contribution in [3.63, 3.8) is 0 Å². The van der Waals surface area contributed by atoms with Crippen LogP contribution in [0.5, 0.6) is 17.4 Å². The number of methoxy groups -OCH3 is 1. The van der Waals surface area contributed by atoms with Crippen LogP contribution in [-0.4, -0.2) is 28.0 Å². The monoisotopic (exact) mass is 550 g/mol. The van der Waals surface area contributed by atoms with Gasteiger partial charge in [0.25, 0.3) is 0 Å². The molecule has 1 N–H and O–H groups in total. The summed E-state index contributed by atoms with van der Waals surface area (Å²) in [5, 5.41) is 12.8. The van der Waals surface area contributed by atoms with Gasteiger partial charge < -0.3 is 19.5 Å². The Hall–Kier alpha value is -3.30. The van der Waals surface area contributed by atoms with Gasteiger partial charge in [-0.15, -0.1) is 10.2 Å². The zero-order valence-corrected chi connectivity index (χ0v) is 21.6. The molecule has 4 aromatic rings. The van der Waals surface area contributed by atoms with Crippen molar-refractivity contribution in [2.75, 3.05) is 18.2 Å². The van der Waals surface area contributed by atoms with Crippen LogP contribution in [0.2, 0.25) is 0 Å². The van der Waals surface area contributed by atoms with Gasteiger partial charge in [0.15, 0.2) is 23.4 Å². The number of rotatable bonds is 7. The molecule has 0 saturated heterocycles. The lowest BCUT2D eigenvalue weighted by Gasteiger charge is -2.21. The summed E-state index contributed by atoms with van der Waals surface area (Å²) in [4.78, 5) is 4.65. The lowest BCUT2D eigenvalue weighted by molar-refractivity contribution is 0.224. The number of anilines is 1. The smallest absolute Gasteiger partial charge is 0.247 e. The highest BCUT2D eigenvalue weighted by Gasteiger charge is 2.27. The first-order valence-corrected chi connectivity index (χ1v) is 12.9. The van der Waals surface area contributed by atoms with Crippen LogP contribution in [0.4, 0.5) is 5.69 Å². The van der Waals surface area contributed by atoms with E-state index in [2.05, 4.69) is 36.4 Å². The Bertz CT molecular complexity index is 1340. The molecule has 5 rings (SSSR count). The third kappa shape index (κ3) is 5.21. The third-order valence-corrected chi connectivity index (χ3v) is 6.60. The number of halogens is 1. The van der Waals surface area contributed by atoms with E-state index in [0.717, 1.165) is 32.6 Å². The highest BCUT2D eigenvalue weighted by molar-refractivity contribution is 9.10. The van der Waals surface area contributed by atoms with Crippen molar-refractivity contribution >= 4 is 33.4 Å². The quantitative estimate of drug-likeness (QED) is 0.261. The SMILES string of the molecule is CCSc1nnc2c(n1)O[C@@H](c1ccc(OCc3ccccc3)c(OC)c1)Nc1ccc(Br)cc1-2. The summed E-state index contributed by atoms with van der Waals surface area (Å²) in [6.07, 6.45) is -0.524. The molecule has 0 bridgehead atoms. The standard InChI is InChI=1S/C26H23BrN4O3S/c1-3-35-26-29-25-23(30-31-26)19-14-18(27)10-11-20(19)28-24(34-25)17-9-12-21(22(13-17)32-2)33-15-16-7-5-4-6-8-16/h4-14,24,28H,3,15H2,1-2H3/t24-/m0/s1. The van der Waals surface area contributed by atoms with Gasteiger partial charge in [0.1, 0.15) is 6.61 Å². The fourth-order valence-corrected chi connectivity index (χ4v) is 4.58. The number of fused-ring (bicyclic) bond motifs is 3. The van der Waals surface area contributed by atoms with Crippen LogP contribution in [0, 0.1) is 0 Å². The molecule has 178 valence electrons. The van der Waals surface area contributed by atoms with E-state index in [1.54, 1.807) is 7.11 Å². The molecule has 0 saturated carbocycles. The molecule has 9 heteroatoms. The topological polar surface area (TPSA) is 78.4 Å². The van der Waals surface area contributed by atoms with Crippen LogP contribution in [0.3, 0.4) is 0 Å². The average Bonchev–Trinajstić information content (AvgIpc) is 3.04. The molecule has 2 heterocycles. The van der Waals surface area contributed by atoms with Crippen molar-refractivity contribution < 1.29 is 14.2 Å². The summed E-state index contributed by atoms with van der Waals surface area (Å²) in [5.41, 5.74) is 4.26. The van der Waals surface area contributed by atoms with E-state index >= 15 is 0 Å². The Morgan fingerprint density at radius 1 is 1.03 bits per heavy atom. The predicted octanol–water partition coefficient (Wildman–Crippen LogP) is 6.50. The first-order chi connectivity index (χ1) is 17.1. The molecule has 1 aromatic heterocycles. The molecule has 0 amide bonds. The predicted molar refractivity (Wildman–Crippen MR) is 140 cm³/mol. The van der Waals surface area contributed by atoms with Crippen LogP contribution < -0.4 is 19.5 Å². The molecule has 0 aliphatic carbocycles. The van der Waals surface area contributed by atoms with Gasteiger partial charge in [0.05, 0.1) is 7.11 Å². The second-order valence-electron chi connectivity index (χ2n) is 7.70. The average molecular weight is 551 g/mol. The number of nitrogens with zero attached hydrogens (tertiary/aromatic N) is 3. The van der Waals surface area contributed by atoms with Gasteiger partial charge in [0, 0.05) is 21.3 Å². The zero-order valence-electron chi connectivity index (χ0n) is 19.2. The number of hydrogen-bond donors (Lipinski definition) is 1. The van der Waals surface area contributed by atoms with Crippen molar-refractivity contribution in [2.45, 2.75) is 24.9 Å². The van der Waals surface area contributed by atoms with Crippen LogP contribution in [-0.2, 0) is 6.61 Å². The van der Waals surface area contributed by atoms with Crippen molar-refractivity contribution in [3.8, 4) is 28.6 Å². The van der Waals surface area contributed by atoms with Gasteiger partial charge in [-0.25, -0.2) is 0 Å². The van der Waals surface area contributed by atoms with Crippen LogP contribution in [0.25, 0.3) is 11.3 Å². The third-order valence-electron chi connectivity index (χ3n) is 5.39. The second-order valence-corrected chi connectivity index (χ2v) is 9.84. The molecule has 0 radical (unpaired) electrons. The lowest BCUT2D eigenvalue weighted by Crippen LogP contribution is -2.17. The lowest BCUT2D eigenvalue weighted by atomic mass is 10.1. The van der Waals surface area contributed by atoms with Crippen molar-refractivity contribution in [3.05, 3.63) is 82.3 Å². The Morgan fingerprint density at radius 3 is 2.69 bits per heavy atom. The first-order valence-electron chi connectivity index (χ1n) is 11.1. The van der Waals surface area contributed by atoms with E-state index in [4.69, 9.17) is 14.2 Å². The summed E-state index contributed by atoms with van der Waals surface area (Å²) >= 11 is 5.07. The van der Waals surface area contributed by atoms with Crippen molar-refractivity contribution in [1.29, 1.82) is 0 Å². The molecule has 0 unspecified atom stereocenters. The Balaban J connectivity index is 1.48. The molecular weight excluding hydrogens is 528 g/mol. The molecule has 0 spiro atoms. The summed E-state index contributed by atoms with van der Waals surface area (Å²) in [7, 11) is 1.63. The molecule has 7 nitrogen and oxygen atoms in total. The fourth-order valence-electron chi connectivity index (χ4n) is 3.71. The number of aromatic nitrogens is 3. The summed E-state index contributed by atoms with van der Waals surface area (Å²) in [5.74, 6) is 2.54. The van der Waals surface area contributed by atoms with Gasteiger partial charge in [-0.1, -0.05) is 64.9 Å². The first kappa shape index (κ1) is 23.4. The number of ether oxygens (including phenoxy) is 3. The highest BCUT2D eigenvalue weighted by atomic mass is 79.9. The van der Waals surface area contributed by atoms with Crippen LogP contribution in [0.15, 0.2) is 76.4 Å². The van der Waals surface area contributed by atoms with Crippen molar-refractivity contribution in [1.82, 2.24) is 15.2 Å².